The minimum absolute atomic E-state index is 0. The number of aliphatic hydroxyl groups excluding tert-OH is 4. The molecule has 36 heteroatoms. The molecule has 0 amide bonds. The molecule has 4 aliphatic rings. The van der Waals surface area contributed by atoms with Gasteiger partial charge in [-0.1, -0.05) is 137 Å². The van der Waals surface area contributed by atoms with Crippen molar-refractivity contribution in [3.8, 4) is 0 Å². The van der Waals surface area contributed by atoms with Gasteiger partial charge in [0.1, 0.15) is 61.6 Å². The number of ketones is 7. The highest BCUT2D eigenvalue weighted by Gasteiger charge is 2.38. The Labute approximate surface area is 725 Å². The fraction of sp³-hybridized carbons (Fsp3) is 0.519. The van der Waals surface area contributed by atoms with Crippen molar-refractivity contribution in [1.82, 2.24) is 39.9 Å². The fourth-order valence-corrected chi connectivity index (χ4v) is 19.7. The van der Waals surface area contributed by atoms with Crippen LogP contribution in [0.4, 0.5) is 23.3 Å². The maximum absolute atomic E-state index is 13.0. The van der Waals surface area contributed by atoms with E-state index in [-0.39, 0.29) is 128 Å². The number of carbonyl (C=O) groups is 7. The zero-order valence-electron chi connectivity index (χ0n) is 65.4. The largest absolute Gasteiger partial charge is 0.397 e. The van der Waals surface area contributed by atoms with E-state index in [1.54, 1.807) is 39.1 Å². The molecule has 0 saturated heterocycles. The number of nitrogens with two attached hydrogens (primary N) is 1. The molecule has 4 saturated carbocycles. The topological polar surface area (TPSA) is 421 Å². The van der Waals surface area contributed by atoms with Gasteiger partial charge in [0.05, 0.1) is 64.9 Å². The third-order valence-corrected chi connectivity index (χ3v) is 25.9. The minimum Gasteiger partial charge on any atom is -0.397 e. The summed E-state index contributed by atoms with van der Waals surface area (Å²) in [6.45, 7) is 21.1. The zero-order valence-corrected chi connectivity index (χ0v) is 71.5. The lowest BCUT2D eigenvalue weighted by Crippen LogP contribution is -2.24. The lowest BCUT2D eigenvalue weighted by Gasteiger charge is -2.15. The van der Waals surface area contributed by atoms with Crippen molar-refractivity contribution in [3.63, 3.8) is 0 Å². The lowest BCUT2D eigenvalue weighted by atomic mass is 9.96. The van der Waals surface area contributed by atoms with Crippen LogP contribution < -0.4 is 26.4 Å². The van der Waals surface area contributed by atoms with E-state index in [1.807, 2.05) is 0 Å². The maximum atomic E-state index is 13.0. The van der Waals surface area contributed by atoms with Crippen LogP contribution in [0.1, 0.15) is 282 Å². The summed E-state index contributed by atoms with van der Waals surface area (Å²) in [7, 11) is -4.10. The number of Topliss-reactive ketones (excluding diaryl/α,β-unsaturated/α-hetero) is 3. The second-order valence-corrected chi connectivity index (χ2v) is 35.8. The molecular formula is C81H113Cl4N13O14S5. The monoisotopic (exact) mass is 1790 g/mol. The number of aromatic nitrogens is 8. The van der Waals surface area contributed by atoms with Crippen molar-refractivity contribution < 1.29 is 68.0 Å². The zero-order chi connectivity index (χ0) is 84.0. The smallest absolute Gasteiger partial charge is 0.333 e. The molecule has 0 radical (unpaired) electrons. The molecule has 13 atom stereocenters. The van der Waals surface area contributed by atoms with Crippen LogP contribution in [-0.2, 0) is 14.5 Å². The van der Waals surface area contributed by atoms with E-state index in [2.05, 4.69) is 99.9 Å². The molecule has 8 heterocycles. The Hall–Kier alpha value is -7.12. The highest BCUT2D eigenvalue weighted by molar-refractivity contribution is 7.84. The first kappa shape index (κ1) is 102. The Morgan fingerprint density at radius 3 is 1.03 bits per heavy atom. The van der Waals surface area contributed by atoms with Gasteiger partial charge in [0.25, 0.3) is 0 Å². The number of nitrogens with one attached hydrogen (secondary N) is 4. The Morgan fingerprint density at radius 2 is 0.778 bits per heavy atom. The van der Waals surface area contributed by atoms with Crippen molar-refractivity contribution >= 4 is 166 Å². The van der Waals surface area contributed by atoms with Gasteiger partial charge in [-0.05, 0) is 146 Å². The molecule has 4 aliphatic carbocycles. The van der Waals surface area contributed by atoms with Crippen molar-refractivity contribution in [2.45, 2.75) is 213 Å². The van der Waals surface area contributed by atoms with Gasteiger partial charge in [0, 0.05) is 91.7 Å². The highest BCUT2D eigenvalue weighted by atomic mass is 35.5. The van der Waals surface area contributed by atoms with Crippen LogP contribution in [0.15, 0.2) is 74.4 Å². The summed E-state index contributed by atoms with van der Waals surface area (Å²) in [4.78, 5) is 121. The molecule has 0 bridgehead atoms. The average Bonchev–Trinajstić information content (AvgIpc) is 1.64. The summed E-state index contributed by atoms with van der Waals surface area (Å²) < 4.78 is 34.0. The molecule has 0 aliphatic heterocycles. The second-order valence-electron chi connectivity index (χ2n) is 27.9. The van der Waals surface area contributed by atoms with Crippen molar-refractivity contribution in [3.05, 3.63) is 156 Å². The van der Waals surface area contributed by atoms with Crippen LogP contribution in [-0.4, -0.2) is 159 Å². The van der Waals surface area contributed by atoms with Gasteiger partial charge in [-0.2, -0.15) is 8.42 Å². The van der Waals surface area contributed by atoms with Crippen LogP contribution >= 0.6 is 91.8 Å². The molecule has 0 spiro atoms. The first-order valence-corrected chi connectivity index (χ1v) is 43.0. The van der Waals surface area contributed by atoms with Crippen molar-refractivity contribution in [2.24, 2.45) is 46.6 Å². The number of anilines is 4. The van der Waals surface area contributed by atoms with E-state index in [4.69, 9.17) is 58.0 Å². The first-order chi connectivity index (χ1) is 54.1. The summed E-state index contributed by atoms with van der Waals surface area (Å²) in [5.41, 5.74) is 2.95. The molecule has 27 nitrogen and oxygen atoms in total. The third kappa shape index (κ3) is 28.5. The highest BCUT2D eigenvalue weighted by Crippen LogP contribution is 2.41. The Morgan fingerprint density at radius 1 is 0.504 bits per heavy atom. The number of hydrogen-bond acceptors (Lipinski definition) is 30. The normalized spacial score (nSPS) is 21.1. The van der Waals surface area contributed by atoms with E-state index in [1.165, 1.54) is 94.6 Å². The van der Waals surface area contributed by atoms with Gasteiger partial charge < -0.3 is 41.7 Å². The number of rotatable bonds is 26. The summed E-state index contributed by atoms with van der Waals surface area (Å²) in [5.74, 6) is 3.16. The molecule has 1 unspecified atom stereocenters. The van der Waals surface area contributed by atoms with E-state index in [0.29, 0.717) is 140 Å². The third-order valence-electron chi connectivity index (χ3n) is 20.0. The van der Waals surface area contributed by atoms with Crippen molar-refractivity contribution in [2.75, 3.05) is 41.1 Å². The molecule has 10 N–H and O–H groups in total. The summed E-state index contributed by atoms with van der Waals surface area (Å²) in [6, 6.07) is 6.65. The molecule has 12 rings (SSSR count). The quantitative estimate of drug-likeness (QED) is 0.0227. The van der Waals surface area contributed by atoms with Gasteiger partial charge in [-0.15, -0.1) is 45.3 Å². The molecule has 644 valence electrons. The van der Waals surface area contributed by atoms with Gasteiger partial charge in [0.15, 0.2) is 17.3 Å². The lowest BCUT2D eigenvalue weighted by molar-refractivity contribution is 0.100. The van der Waals surface area contributed by atoms with Crippen LogP contribution in [0.25, 0.3) is 0 Å². The predicted molar refractivity (Wildman–Crippen MR) is 472 cm³/mol. The Kier molecular flexibility index (Phi) is 42.8. The van der Waals surface area contributed by atoms with E-state index < -0.39 is 34.2 Å². The van der Waals surface area contributed by atoms with Crippen LogP contribution in [0, 0.1) is 41.4 Å². The number of aliphatic hydroxyl groups is 4. The second kappa shape index (κ2) is 49.0. The van der Waals surface area contributed by atoms with Crippen LogP contribution in [0.2, 0.25) is 17.3 Å². The first-order valence-electron chi connectivity index (χ1n) is 37.5. The van der Waals surface area contributed by atoms with E-state index >= 15 is 0 Å². The fourth-order valence-electron chi connectivity index (χ4n) is 14.0. The summed E-state index contributed by atoms with van der Waals surface area (Å²) in [6.07, 6.45) is 19.0. The van der Waals surface area contributed by atoms with Gasteiger partial charge in [-0.3, -0.25) is 37.7 Å². The Balaban J connectivity index is 0.000000393. The van der Waals surface area contributed by atoms with Gasteiger partial charge in [0.2, 0.25) is 23.1 Å². The molecule has 4 fully saturated rings. The number of nitrogens with zero attached hydrogens (tertiary/aromatic N) is 8. The summed E-state index contributed by atoms with van der Waals surface area (Å²) in [5, 5.41) is 55.1. The molecule has 8 aromatic rings. The summed E-state index contributed by atoms with van der Waals surface area (Å²) >= 11 is 28.7. The number of halogens is 4. The van der Waals surface area contributed by atoms with Gasteiger partial charge in [-0.25, -0.2) is 45.0 Å². The van der Waals surface area contributed by atoms with E-state index in [9.17, 15) is 57.3 Å². The average molecular weight is 1800 g/mol. The molecular weight excluding hydrogens is 1680 g/mol. The number of hydrogen-bond donors (Lipinski definition) is 9. The standard InChI is InChI=1S/C19H24ClN3O2S.C19H22ClN3O2S.C18H20ClN3O3S.C17H19ClN4O6S2.C2H6O.C2H6.4CH4/c2*1-4-12-6-13(5-10(12)2)23-19-15(8-21-9-22-19)17(25)16-7-14(11(3)24)18(20)26-16;1-9-3-12(4-11(9)7-23)22-18-14(6-20-8-21-18)16(25)15-5-13(10(2)24)17(19)26-15;1-8(23)11-4-14(29-16(11)18)15(25)12-5-20-7-21-17(12)22-10-2-9(13(24)3-10)6-28-30(19,26)27;1-2-3;1-2;;;;/h7-13,24H,4-6H2,1-3H3,(H,21,22,23);7-10,12-13H,4-6H2,1-3H3,(H,21,22,23);5-6,8-9,11-12,23H,3-4,7H2,1-2H3,(H,20,21,22);4-5,7,9-10,13,24H,2-3,6H2,1H3,(H2,19,26,27)(H,20,21,22);3H,2H2,1H3;1-2H3;4*1H4/t10-,11?,12-,13-;10-,12-,13-;9-,11+,12-;9-,10-,13+;;;;;;/m0001....../s1/i;;;;;1D;;;;. The maximum Gasteiger partial charge on any atom is 0.333 e. The Bertz CT molecular complexity index is 4610. The number of thiophene rings is 4. The molecule has 8 aromatic heterocycles. The van der Waals surface area contributed by atoms with Crippen molar-refractivity contribution in [1.29, 1.82) is 0 Å². The van der Waals surface area contributed by atoms with Crippen LogP contribution in [0.5, 0.6) is 0 Å². The SMILES string of the molecule is C.C.C.C.CC(=O)c1cc(C(=O)c2cncnc2N[C@@H]2C[C@H](CO)[C@@H](C)C2)sc1Cl.CC(=O)c1cc(C(=O)c2cncnc2N[C@@H]2C[C@H](COS(N)(=O)=O)[C@@H](O)C2)sc1Cl.CCO.CC[C@H]1C[C@@H](Nc2ncncc2C(=O)c2cc(C(C)=O)c(Cl)s2)C[C@@H]1C.CC[C@H]1C[C@@H](Nc2ncncc2C(=O)c2cc(C(C)O)c(Cl)s2)C[C@@H]1C.[2H]CC. The predicted octanol–water partition coefficient (Wildman–Crippen LogP) is 18.0. The number of carbonyl (C=O) groups excluding carboxylic acids is 7. The van der Waals surface area contributed by atoms with Gasteiger partial charge >= 0.3 is 10.3 Å². The molecule has 117 heavy (non-hydrogen) atoms. The van der Waals surface area contributed by atoms with E-state index in [0.717, 1.165) is 79.0 Å². The minimum atomic E-state index is -4.10. The molecule has 0 aromatic carbocycles. The van der Waals surface area contributed by atoms with Crippen LogP contribution in [0.3, 0.4) is 0 Å².